The number of ether oxygens (including phenoxy) is 1. The first-order valence-electron chi connectivity index (χ1n) is 6.31. The number of nitrogens with zero attached hydrogens (tertiary/aromatic N) is 1. The van der Waals surface area contributed by atoms with Gasteiger partial charge in [0.15, 0.2) is 0 Å². The van der Waals surface area contributed by atoms with E-state index in [0.717, 1.165) is 17.6 Å². The van der Waals surface area contributed by atoms with Gasteiger partial charge in [0.05, 0.1) is 13.2 Å². The molecule has 0 aliphatic heterocycles. The van der Waals surface area contributed by atoms with Gasteiger partial charge in [0.2, 0.25) is 0 Å². The van der Waals surface area contributed by atoms with Crippen molar-refractivity contribution in [1.29, 1.82) is 0 Å². The van der Waals surface area contributed by atoms with E-state index in [-0.39, 0.29) is 5.41 Å². The van der Waals surface area contributed by atoms with E-state index >= 15 is 0 Å². The number of hydrogen-bond acceptors (Lipinski definition) is 2. The minimum Gasteiger partial charge on any atom is -0.375 e. The lowest BCUT2D eigenvalue weighted by Gasteiger charge is -2.20. The topological polar surface area (TPSA) is 12.5 Å². The Morgan fingerprint density at radius 2 is 1.83 bits per heavy atom. The molecule has 0 amide bonds. The fraction of sp³-hybridized carbons (Fsp3) is 0.600. The zero-order chi connectivity index (χ0) is 13.8. The number of benzene rings is 1. The highest BCUT2D eigenvalue weighted by atomic mass is 79.9. The molecule has 0 aliphatic carbocycles. The molecule has 1 aromatic rings. The van der Waals surface area contributed by atoms with Crippen LogP contribution in [0.1, 0.15) is 31.9 Å². The third kappa shape index (κ3) is 5.51. The molecule has 0 aromatic heterocycles. The minimum absolute atomic E-state index is 0.169. The number of halogens is 1. The summed E-state index contributed by atoms with van der Waals surface area (Å²) in [6, 6.07) is 6.55. The van der Waals surface area contributed by atoms with E-state index in [1.807, 2.05) is 0 Å². The average molecular weight is 314 g/mol. The molecular formula is C15H24BrNO. The normalized spacial score (nSPS) is 12.2. The van der Waals surface area contributed by atoms with Crippen molar-refractivity contribution in [3.05, 3.63) is 33.8 Å². The first-order chi connectivity index (χ1) is 8.29. The summed E-state index contributed by atoms with van der Waals surface area (Å²) >= 11 is 3.57. The quantitative estimate of drug-likeness (QED) is 0.766. The lowest BCUT2D eigenvalue weighted by molar-refractivity contribution is 0.105. The van der Waals surface area contributed by atoms with Crippen LogP contribution in [0.3, 0.4) is 0 Å². The molecule has 3 heteroatoms. The summed E-state index contributed by atoms with van der Waals surface area (Å²) in [6.45, 7) is 9.09. The van der Waals surface area contributed by atoms with Crippen LogP contribution in [0.15, 0.2) is 22.7 Å². The maximum absolute atomic E-state index is 5.69. The molecule has 0 unspecified atom stereocenters. The third-order valence-corrected chi connectivity index (χ3v) is 3.23. The predicted molar refractivity (Wildman–Crippen MR) is 81.1 cm³/mol. The second-order valence-corrected chi connectivity index (χ2v) is 6.87. The lowest BCUT2D eigenvalue weighted by Crippen LogP contribution is -2.18. The molecule has 0 heterocycles. The summed E-state index contributed by atoms with van der Waals surface area (Å²) in [6.07, 6.45) is 0. The van der Waals surface area contributed by atoms with Gasteiger partial charge in [0.25, 0.3) is 0 Å². The first kappa shape index (κ1) is 15.7. The molecule has 2 nitrogen and oxygen atoms in total. The fourth-order valence-electron chi connectivity index (χ4n) is 1.60. The van der Waals surface area contributed by atoms with Crippen LogP contribution in [0, 0.1) is 0 Å². The zero-order valence-electron chi connectivity index (χ0n) is 12.1. The highest BCUT2D eigenvalue weighted by Gasteiger charge is 2.14. The monoisotopic (exact) mass is 313 g/mol. The van der Waals surface area contributed by atoms with Gasteiger partial charge >= 0.3 is 0 Å². The number of likely N-dealkylation sites (N-methyl/N-ethyl adjacent to an activating group) is 1. The smallest absolute Gasteiger partial charge is 0.0718 e. The predicted octanol–water partition coefficient (Wildman–Crippen LogP) is 3.82. The van der Waals surface area contributed by atoms with Gasteiger partial charge in [-0.1, -0.05) is 42.8 Å². The summed E-state index contributed by atoms with van der Waals surface area (Å²) in [5.74, 6) is 0. The standard InChI is InChI=1S/C15H24BrNO/c1-15(2,3)13-8-12(9-14(16)10-13)11-18-7-6-17(4)5/h8-10H,6-7,11H2,1-5H3. The van der Waals surface area contributed by atoms with Crippen molar-refractivity contribution in [3.8, 4) is 0 Å². The van der Waals surface area contributed by atoms with Gasteiger partial charge in [-0.3, -0.25) is 0 Å². The van der Waals surface area contributed by atoms with E-state index in [4.69, 9.17) is 4.74 Å². The Labute approximate surface area is 119 Å². The Kier molecular flexibility index (Phi) is 5.83. The van der Waals surface area contributed by atoms with Crippen molar-refractivity contribution in [2.75, 3.05) is 27.2 Å². The van der Waals surface area contributed by atoms with Gasteiger partial charge in [0, 0.05) is 11.0 Å². The second-order valence-electron chi connectivity index (χ2n) is 5.95. The van der Waals surface area contributed by atoms with Gasteiger partial charge in [0.1, 0.15) is 0 Å². The van der Waals surface area contributed by atoms with Crippen LogP contribution in [0.5, 0.6) is 0 Å². The van der Waals surface area contributed by atoms with Gasteiger partial charge in [-0.15, -0.1) is 0 Å². The molecule has 1 rings (SSSR count). The van der Waals surface area contributed by atoms with Crippen molar-refractivity contribution in [3.63, 3.8) is 0 Å². The molecular weight excluding hydrogens is 290 g/mol. The Morgan fingerprint density at radius 1 is 1.17 bits per heavy atom. The summed E-state index contributed by atoms with van der Waals surface area (Å²) < 4.78 is 6.82. The van der Waals surface area contributed by atoms with Crippen LogP contribution in [0.2, 0.25) is 0 Å². The molecule has 0 saturated carbocycles. The van der Waals surface area contributed by atoms with Crippen LogP contribution in [0.4, 0.5) is 0 Å². The van der Waals surface area contributed by atoms with E-state index in [1.165, 1.54) is 11.1 Å². The molecule has 102 valence electrons. The maximum Gasteiger partial charge on any atom is 0.0718 e. The second kappa shape index (κ2) is 6.69. The third-order valence-electron chi connectivity index (χ3n) is 2.78. The molecule has 0 fully saturated rings. The van der Waals surface area contributed by atoms with Crippen LogP contribution in [-0.2, 0) is 16.8 Å². The van der Waals surface area contributed by atoms with Crippen molar-refractivity contribution in [2.24, 2.45) is 0 Å². The van der Waals surface area contributed by atoms with Gasteiger partial charge in [-0.25, -0.2) is 0 Å². The molecule has 0 saturated heterocycles. The van der Waals surface area contributed by atoms with Crippen molar-refractivity contribution in [2.45, 2.75) is 32.8 Å². The average Bonchev–Trinajstić information content (AvgIpc) is 2.22. The van der Waals surface area contributed by atoms with Crippen LogP contribution >= 0.6 is 15.9 Å². The molecule has 18 heavy (non-hydrogen) atoms. The van der Waals surface area contributed by atoms with Crippen LogP contribution in [-0.4, -0.2) is 32.1 Å². The Morgan fingerprint density at radius 3 is 2.39 bits per heavy atom. The maximum atomic E-state index is 5.69. The van der Waals surface area contributed by atoms with Crippen LogP contribution in [0.25, 0.3) is 0 Å². The summed E-state index contributed by atoms with van der Waals surface area (Å²) in [5, 5.41) is 0. The van der Waals surface area contributed by atoms with Gasteiger partial charge in [-0.2, -0.15) is 0 Å². The van der Waals surface area contributed by atoms with E-state index in [1.54, 1.807) is 0 Å². The van der Waals surface area contributed by atoms with E-state index in [9.17, 15) is 0 Å². The zero-order valence-corrected chi connectivity index (χ0v) is 13.7. The van der Waals surface area contributed by atoms with Gasteiger partial charge in [-0.05, 0) is 42.8 Å². The molecule has 1 aromatic carbocycles. The molecule has 0 aliphatic rings. The van der Waals surface area contributed by atoms with Crippen LogP contribution < -0.4 is 0 Å². The molecule has 0 atom stereocenters. The Bertz CT molecular complexity index is 383. The lowest BCUT2D eigenvalue weighted by atomic mass is 9.86. The molecule has 0 N–H and O–H groups in total. The molecule has 0 bridgehead atoms. The SMILES string of the molecule is CN(C)CCOCc1cc(Br)cc(C(C)(C)C)c1. The van der Waals surface area contributed by atoms with Crippen molar-refractivity contribution < 1.29 is 4.74 Å². The largest absolute Gasteiger partial charge is 0.375 e. The van der Waals surface area contributed by atoms with Crippen molar-refractivity contribution in [1.82, 2.24) is 4.90 Å². The number of hydrogen-bond donors (Lipinski definition) is 0. The Hall–Kier alpha value is -0.380. The van der Waals surface area contributed by atoms with E-state index < -0.39 is 0 Å². The Balaban J connectivity index is 2.63. The highest BCUT2D eigenvalue weighted by molar-refractivity contribution is 9.10. The summed E-state index contributed by atoms with van der Waals surface area (Å²) in [4.78, 5) is 2.13. The van der Waals surface area contributed by atoms with E-state index in [2.05, 4.69) is 73.9 Å². The summed E-state index contributed by atoms with van der Waals surface area (Å²) in [7, 11) is 4.11. The van der Waals surface area contributed by atoms with E-state index in [0.29, 0.717) is 6.61 Å². The van der Waals surface area contributed by atoms with Gasteiger partial charge < -0.3 is 9.64 Å². The number of rotatable bonds is 5. The molecule has 0 spiro atoms. The molecule has 0 radical (unpaired) electrons. The fourth-order valence-corrected chi connectivity index (χ4v) is 2.14. The van der Waals surface area contributed by atoms with Crippen molar-refractivity contribution >= 4 is 15.9 Å². The first-order valence-corrected chi connectivity index (χ1v) is 7.11. The minimum atomic E-state index is 0.169. The highest BCUT2D eigenvalue weighted by Crippen LogP contribution is 2.27. The summed E-state index contributed by atoms with van der Waals surface area (Å²) in [5.41, 5.74) is 2.73.